The van der Waals surface area contributed by atoms with Crippen molar-refractivity contribution in [1.82, 2.24) is 15.5 Å². The van der Waals surface area contributed by atoms with Crippen LogP contribution in [0.1, 0.15) is 46.0 Å². The van der Waals surface area contributed by atoms with Crippen molar-refractivity contribution in [1.29, 1.82) is 0 Å². The van der Waals surface area contributed by atoms with Crippen LogP contribution >= 0.6 is 0 Å². The van der Waals surface area contributed by atoms with Gasteiger partial charge in [0.15, 0.2) is 0 Å². The highest BCUT2D eigenvalue weighted by atomic mass is 16.2. The molecule has 0 aromatic carbocycles. The number of carbonyl (C=O) groups is 2. The number of hydrogen-bond donors (Lipinski definition) is 2. The summed E-state index contributed by atoms with van der Waals surface area (Å²) in [6.07, 6.45) is 4.71. The Bertz CT molecular complexity index is 338. The minimum atomic E-state index is -0.307. The topological polar surface area (TPSA) is 61.4 Å². The van der Waals surface area contributed by atoms with Crippen LogP contribution in [0.4, 0.5) is 0 Å². The van der Waals surface area contributed by atoms with E-state index in [0.717, 1.165) is 19.5 Å². The molecule has 2 atom stereocenters. The van der Waals surface area contributed by atoms with E-state index in [1.165, 1.54) is 12.8 Å². The van der Waals surface area contributed by atoms with E-state index < -0.39 is 0 Å². The van der Waals surface area contributed by atoms with Crippen LogP contribution in [0.2, 0.25) is 0 Å². The van der Waals surface area contributed by atoms with E-state index in [2.05, 4.69) is 10.6 Å². The van der Waals surface area contributed by atoms with Gasteiger partial charge in [0.1, 0.15) is 6.04 Å². The standard InChI is InChI=1S/C14H25N3O2/c1-10(2)17(9-11-5-3-4-8-15-11)14(19)12-6-7-13(18)16-12/h10-12,15H,3-9H2,1-2H3,(H,16,18)/t11?,12-/m0/s1. The molecule has 0 aliphatic carbocycles. The van der Waals surface area contributed by atoms with E-state index in [-0.39, 0.29) is 23.9 Å². The second kappa shape index (κ2) is 6.37. The molecule has 1 unspecified atom stereocenters. The number of carbonyl (C=O) groups excluding carboxylic acids is 2. The third-order valence-corrected chi connectivity index (χ3v) is 4.03. The molecule has 0 spiro atoms. The van der Waals surface area contributed by atoms with Crippen LogP contribution in [-0.2, 0) is 9.59 Å². The molecular weight excluding hydrogens is 242 g/mol. The summed E-state index contributed by atoms with van der Waals surface area (Å²) in [5, 5.41) is 6.25. The highest BCUT2D eigenvalue weighted by molar-refractivity contribution is 5.90. The first kappa shape index (κ1) is 14.3. The first-order valence-corrected chi connectivity index (χ1v) is 7.41. The van der Waals surface area contributed by atoms with Gasteiger partial charge in [-0.3, -0.25) is 9.59 Å². The van der Waals surface area contributed by atoms with Gasteiger partial charge in [0.25, 0.3) is 0 Å². The van der Waals surface area contributed by atoms with Gasteiger partial charge in [-0.05, 0) is 39.7 Å². The fourth-order valence-corrected chi connectivity index (χ4v) is 2.87. The molecule has 2 aliphatic rings. The van der Waals surface area contributed by atoms with Gasteiger partial charge in [-0.1, -0.05) is 6.42 Å². The maximum absolute atomic E-state index is 12.5. The largest absolute Gasteiger partial charge is 0.344 e. The number of rotatable bonds is 4. The Hall–Kier alpha value is -1.10. The summed E-state index contributed by atoms with van der Waals surface area (Å²) in [5.74, 6) is 0.0751. The fourth-order valence-electron chi connectivity index (χ4n) is 2.87. The molecule has 5 heteroatoms. The van der Waals surface area contributed by atoms with Gasteiger partial charge >= 0.3 is 0 Å². The lowest BCUT2D eigenvalue weighted by atomic mass is 10.0. The number of piperidine rings is 1. The first-order chi connectivity index (χ1) is 9.08. The quantitative estimate of drug-likeness (QED) is 0.786. The van der Waals surface area contributed by atoms with Crippen molar-refractivity contribution in [2.75, 3.05) is 13.1 Å². The van der Waals surface area contributed by atoms with Crippen molar-refractivity contribution in [2.24, 2.45) is 0 Å². The summed E-state index contributed by atoms with van der Waals surface area (Å²) in [4.78, 5) is 25.7. The van der Waals surface area contributed by atoms with Crippen molar-refractivity contribution in [3.63, 3.8) is 0 Å². The lowest BCUT2D eigenvalue weighted by molar-refractivity contribution is -0.136. The van der Waals surface area contributed by atoms with Crippen molar-refractivity contribution in [3.05, 3.63) is 0 Å². The van der Waals surface area contributed by atoms with E-state index >= 15 is 0 Å². The van der Waals surface area contributed by atoms with Crippen molar-refractivity contribution >= 4 is 11.8 Å². The number of hydrogen-bond acceptors (Lipinski definition) is 3. The monoisotopic (exact) mass is 267 g/mol. The van der Waals surface area contributed by atoms with E-state index in [9.17, 15) is 9.59 Å². The van der Waals surface area contributed by atoms with Gasteiger partial charge in [-0.25, -0.2) is 0 Å². The molecule has 0 bridgehead atoms. The van der Waals surface area contributed by atoms with Gasteiger partial charge in [0, 0.05) is 25.0 Å². The van der Waals surface area contributed by atoms with Gasteiger partial charge in [0.05, 0.1) is 0 Å². The van der Waals surface area contributed by atoms with Crippen LogP contribution in [0.5, 0.6) is 0 Å². The molecule has 2 heterocycles. The van der Waals surface area contributed by atoms with E-state index in [0.29, 0.717) is 18.9 Å². The van der Waals surface area contributed by atoms with Gasteiger partial charge < -0.3 is 15.5 Å². The van der Waals surface area contributed by atoms with Crippen molar-refractivity contribution < 1.29 is 9.59 Å². The molecule has 5 nitrogen and oxygen atoms in total. The zero-order valence-electron chi connectivity index (χ0n) is 11.9. The maximum Gasteiger partial charge on any atom is 0.245 e. The Morgan fingerprint density at radius 1 is 1.37 bits per heavy atom. The fraction of sp³-hybridized carbons (Fsp3) is 0.857. The Morgan fingerprint density at radius 2 is 2.16 bits per heavy atom. The van der Waals surface area contributed by atoms with Crippen LogP contribution in [0.25, 0.3) is 0 Å². The van der Waals surface area contributed by atoms with Crippen molar-refractivity contribution in [3.8, 4) is 0 Å². The normalized spacial score (nSPS) is 27.4. The second-order valence-corrected chi connectivity index (χ2v) is 5.89. The zero-order chi connectivity index (χ0) is 13.8. The molecule has 2 N–H and O–H groups in total. The van der Waals surface area contributed by atoms with Crippen LogP contribution in [0.15, 0.2) is 0 Å². The molecule has 2 saturated heterocycles. The summed E-state index contributed by atoms with van der Waals surface area (Å²) in [5.41, 5.74) is 0. The van der Waals surface area contributed by atoms with Gasteiger partial charge in [-0.15, -0.1) is 0 Å². The maximum atomic E-state index is 12.5. The number of nitrogens with zero attached hydrogens (tertiary/aromatic N) is 1. The van der Waals surface area contributed by atoms with E-state index in [1.807, 2.05) is 18.7 Å². The third-order valence-electron chi connectivity index (χ3n) is 4.03. The Balaban J connectivity index is 1.94. The molecule has 2 aliphatic heterocycles. The molecule has 0 saturated carbocycles. The molecule has 108 valence electrons. The summed E-state index contributed by atoms with van der Waals surface area (Å²) >= 11 is 0. The Labute approximate surface area is 115 Å². The molecule has 19 heavy (non-hydrogen) atoms. The Morgan fingerprint density at radius 3 is 2.68 bits per heavy atom. The number of nitrogens with one attached hydrogen (secondary N) is 2. The van der Waals surface area contributed by atoms with E-state index in [4.69, 9.17) is 0 Å². The minimum Gasteiger partial charge on any atom is -0.344 e. The number of amides is 2. The van der Waals surface area contributed by atoms with Crippen LogP contribution in [0, 0.1) is 0 Å². The predicted molar refractivity (Wildman–Crippen MR) is 73.7 cm³/mol. The predicted octanol–water partition coefficient (Wildman–Crippen LogP) is 0.644. The lowest BCUT2D eigenvalue weighted by Crippen LogP contribution is -2.53. The smallest absolute Gasteiger partial charge is 0.245 e. The second-order valence-electron chi connectivity index (χ2n) is 5.89. The van der Waals surface area contributed by atoms with E-state index in [1.54, 1.807) is 0 Å². The van der Waals surface area contributed by atoms with Crippen LogP contribution in [0.3, 0.4) is 0 Å². The average Bonchev–Trinajstić information content (AvgIpc) is 2.83. The summed E-state index contributed by atoms with van der Waals surface area (Å²) in [6.45, 7) is 5.88. The molecule has 0 aromatic heterocycles. The first-order valence-electron chi connectivity index (χ1n) is 7.41. The minimum absolute atomic E-state index is 0.00199. The highest BCUT2D eigenvalue weighted by Crippen LogP contribution is 2.15. The zero-order valence-corrected chi connectivity index (χ0v) is 11.9. The lowest BCUT2D eigenvalue weighted by Gasteiger charge is -2.34. The average molecular weight is 267 g/mol. The molecular formula is C14H25N3O2. The molecule has 2 fully saturated rings. The molecule has 0 radical (unpaired) electrons. The SMILES string of the molecule is CC(C)N(CC1CCCCN1)C(=O)[C@@H]1CCC(=O)N1. The van der Waals surface area contributed by atoms with Crippen LogP contribution in [-0.4, -0.2) is 47.9 Å². The molecule has 2 amide bonds. The summed E-state index contributed by atoms with van der Waals surface area (Å²) in [7, 11) is 0. The van der Waals surface area contributed by atoms with Gasteiger partial charge in [0.2, 0.25) is 11.8 Å². The summed E-state index contributed by atoms with van der Waals surface area (Å²) in [6, 6.07) is 0.268. The third kappa shape index (κ3) is 3.69. The summed E-state index contributed by atoms with van der Waals surface area (Å²) < 4.78 is 0. The Kier molecular flexibility index (Phi) is 4.80. The highest BCUT2D eigenvalue weighted by Gasteiger charge is 2.32. The van der Waals surface area contributed by atoms with Gasteiger partial charge in [-0.2, -0.15) is 0 Å². The van der Waals surface area contributed by atoms with Crippen LogP contribution < -0.4 is 10.6 Å². The van der Waals surface area contributed by atoms with Crippen molar-refractivity contribution in [2.45, 2.75) is 64.1 Å². The molecule has 0 aromatic rings. The molecule has 2 rings (SSSR count).